The van der Waals surface area contributed by atoms with Crippen molar-refractivity contribution < 1.29 is 9.72 Å². The van der Waals surface area contributed by atoms with Crippen LogP contribution in [0.5, 0.6) is 0 Å². The number of nitro benzene ring substituents is 1. The summed E-state index contributed by atoms with van der Waals surface area (Å²) in [5.41, 5.74) is 2.16. The van der Waals surface area contributed by atoms with Crippen molar-refractivity contribution in [2.45, 2.75) is 19.5 Å². The van der Waals surface area contributed by atoms with Gasteiger partial charge in [0.1, 0.15) is 0 Å². The molecule has 0 aliphatic carbocycles. The van der Waals surface area contributed by atoms with Crippen molar-refractivity contribution >= 4 is 17.3 Å². The monoisotopic (exact) mass is 368 g/mol. The molecule has 1 amide bonds. The number of hydrogen-bond acceptors (Lipinski definition) is 5. The predicted molar refractivity (Wildman–Crippen MR) is 105 cm³/mol. The summed E-state index contributed by atoms with van der Waals surface area (Å²) >= 11 is 0. The Kier molecular flexibility index (Phi) is 6.03. The van der Waals surface area contributed by atoms with Gasteiger partial charge in [-0.2, -0.15) is 0 Å². The van der Waals surface area contributed by atoms with Crippen molar-refractivity contribution in [2.24, 2.45) is 0 Å². The minimum atomic E-state index is -0.391. The molecule has 1 saturated heterocycles. The van der Waals surface area contributed by atoms with Gasteiger partial charge in [0.2, 0.25) is 5.91 Å². The SMILES string of the molecule is C[C@@H](C(=O)NCc1ccccc1)N1CCN(c2ccc([N+](=O)[O-])cc2)CC1. The van der Waals surface area contributed by atoms with Crippen molar-refractivity contribution in [3.05, 3.63) is 70.3 Å². The van der Waals surface area contributed by atoms with Crippen LogP contribution in [0, 0.1) is 10.1 Å². The number of rotatable bonds is 6. The van der Waals surface area contributed by atoms with Crippen molar-refractivity contribution in [2.75, 3.05) is 31.1 Å². The van der Waals surface area contributed by atoms with Crippen LogP contribution < -0.4 is 10.2 Å². The first-order valence-corrected chi connectivity index (χ1v) is 9.09. The molecule has 1 atom stereocenters. The van der Waals surface area contributed by atoms with E-state index < -0.39 is 4.92 Å². The maximum Gasteiger partial charge on any atom is 0.269 e. The Morgan fingerprint density at radius 3 is 2.30 bits per heavy atom. The second-order valence-corrected chi connectivity index (χ2v) is 6.68. The third-order valence-electron chi connectivity index (χ3n) is 4.98. The van der Waals surface area contributed by atoms with Crippen molar-refractivity contribution in [3.63, 3.8) is 0 Å². The Labute approximate surface area is 158 Å². The van der Waals surface area contributed by atoms with E-state index in [0.29, 0.717) is 6.54 Å². The average Bonchev–Trinajstić information content (AvgIpc) is 2.72. The molecule has 1 heterocycles. The molecule has 0 aromatic heterocycles. The molecule has 0 radical (unpaired) electrons. The van der Waals surface area contributed by atoms with E-state index in [9.17, 15) is 14.9 Å². The minimum Gasteiger partial charge on any atom is -0.369 e. The maximum atomic E-state index is 12.4. The zero-order valence-corrected chi connectivity index (χ0v) is 15.4. The molecule has 0 spiro atoms. The van der Waals surface area contributed by atoms with E-state index in [-0.39, 0.29) is 17.6 Å². The summed E-state index contributed by atoms with van der Waals surface area (Å²) < 4.78 is 0. The molecule has 1 aliphatic rings. The van der Waals surface area contributed by atoms with Crippen molar-refractivity contribution in [1.82, 2.24) is 10.2 Å². The summed E-state index contributed by atoms with van der Waals surface area (Å²) in [4.78, 5) is 27.2. The maximum absolute atomic E-state index is 12.4. The summed E-state index contributed by atoms with van der Waals surface area (Å²) in [5, 5.41) is 13.8. The second kappa shape index (κ2) is 8.64. The van der Waals surface area contributed by atoms with Crippen molar-refractivity contribution in [1.29, 1.82) is 0 Å². The highest BCUT2D eigenvalue weighted by Gasteiger charge is 2.25. The molecule has 0 bridgehead atoms. The number of carbonyl (C=O) groups excluding carboxylic acids is 1. The first kappa shape index (κ1) is 18.8. The number of amides is 1. The molecule has 1 fully saturated rings. The standard InChI is InChI=1S/C20H24N4O3/c1-16(20(25)21-15-17-5-3-2-4-6-17)22-11-13-23(14-12-22)18-7-9-19(10-8-18)24(26)27/h2-10,16H,11-15H2,1H3,(H,21,25)/t16-/m0/s1. The minimum absolute atomic E-state index is 0.0302. The molecule has 1 aliphatic heterocycles. The molecule has 7 heteroatoms. The zero-order valence-electron chi connectivity index (χ0n) is 15.4. The molecule has 0 unspecified atom stereocenters. The molecule has 2 aromatic rings. The highest BCUT2D eigenvalue weighted by Crippen LogP contribution is 2.21. The molecular weight excluding hydrogens is 344 g/mol. The molecule has 3 rings (SSSR count). The summed E-state index contributed by atoms with van der Waals surface area (Å²) in [6.45, 7) is 5.59. The summed E-state index contributed by atoms with van der Waals surface area (Å²) in [5.74, 6) is 0.0302. The van der Waals surface area contributed by atoms with Gasteiger partial charge in [-0.3, -0.25) is 19.8 Å². The number of piperazine rings is 1. The Hall–Kier alpha value is -2.93. The number of benzene rings is 2. The fraction of sp³-hybridized carbons (Fsp3) is 0.350. The fourth-order valence-corrected chi connectivity index (χ4v) is 3.25. The Morgan fingerprint density at radius 1 is 1.07 bits per heavy atom. The van der Waals surface area contributed by atoms with E-state index in [0.717, 1.165) is 37.4 Å². The van der Waals surface area contributed by atoms with E-state index in [1.54, 1.807) is 12.1 Å². The smallest absolute Gasteiger partial charge is 0.269 e. The zero-order chi connectivity index (χ0) is 19.2. The van der Waals surface area contributed by atoms with Crippen LogP contribution in [-0.2, 0) is 11.3 Å². The lowest BCUT2D eigenvalue weighted by atomic mass is 10.1. The van der Waals surface area contributed by atoms with Gasteiger partial charge in [0, 0.05) is 50.5 Å². The Morgan fingerprint density at radius 2 is 1.70 bits per heavy atom. The van der Waals surface area contributed by atoms with Crippen LogP contribution >= 0.6 is 0 Å². The first-order valence-electron chi connectivity index (χ1n) is 9.09. The van der Waals surface area contributed by atoms with Gasteiger partial charge in [0.25, 0.3) is 5.69 Å². The average molecular weight is 368 g/mol. The molecule has 2 aromatic carbocycles. The van der Waals surface area contributed by atoms with Crippen LogP contribution in [0.4, 0.5) is 11.4 Å². The Bertz CT molecular complexity index is 772. The number of carbonyl (C=O) groups is 1. The van der Waals surface area contributed by atoms with Crippen LogP contribution in [0.2, 0.25) is 0 Å². The third-order valence-corrected chi connectivity index (χ3v) is 4.98. The first-order chi connectivity index (χ1) is 13.0. The van der Waals surface area contributed by atoms with Gasteiger partial charge >= 0.3 is 0 Å². The summed E-state index contributed by atoms with van der Waals surface area (Å²) in [6, 6.07) is 16.3. The van der Waals surface area contributed by atoms with Crippen molar-refractivity contribution in [3.8, 4) is 0 Å². The predicted octanol–water partition coefficient (Wildman–Crippen LogP) is 2.42. The van der Waals surface area contributed by atoms with Gasteiger partial charge in [-0.25, -0.2) is 0 Å². The van der Waals surface area contributed by atoms with E-state index in [4.69, 9.17) is 0 Å². The number of nitrogens with one attached hydrogen (secondary N) is 1. The van der Waals surface area contributed by atoms with Crippen LogP contribution in [0.3, 0.4) is 0 Å². The number of anilines is 1. The topological polar surface area (TPSA) is 78.7 Å². The lowest BCUT2D eigenvalue weighted by Gasteiger charge is -2.38. The summed E-state index contributed by atoms with van der Waals surface area (Å²) in [6.07, 6.45) is 0. The molecule has 0 saturated carbocycles. The van der Waals surface area contributed by atoms with E-state index >= 15 is 0 Å². The van der Waals surface area contributed by atoms with E-state index in [1.807, 2.05) is 37.3 Å². The van der Waals surface area contributed by atoms with Gasteiger partial charge in [-0.1, -0.05) is 30.3 Å². The van der Waals surface area contributed by atoms with Crippen LogP contribution in [0.15, 0.2) is 54.6 Å². The molecule has 27 heavy (non-hydrogen) atoms. The summed E-state index contributed by atoms with van der Waals surface area (Å²) in [7, 11) is 0. The van der Waals surface area contributed by atoms with E-state index in [2.05, 4.69) is 15.1 Å². The highest BCUT2D eigenvalue weighted by atomic mass is 16.6. The van der Waals surface area contributed by atoms with Gasteiger partial charge < -0.3 is 10.2 Å². The van der Waals surface area contributed by atoms with Crippen LogP contribution in [-0.4, -0.2) is 48.0 Å². The largest absolute Gasteiger partial charge is 0.369 e. The van der Waals surface area contributed by atoms with Crippen LogP contribution in [0.1, 0.15) is 12.5 Å². The number of nitrogens with zero attached hydrogens (tertiary/aromatic N) is 3. The molecular formula is C20H24N4O3. The van der Waals surface area contributed by atoms with Crippen LogP contribution in [0.25, 0.3) is 0 Å². The molecule has 1 N–H and O–H groups in total. The lowest BCUT2D eigenvalue weighted by Crippen LogP contribution is -2.53. The quantitative estimate of drug-likeness (QED) is 0.626. The number of hydrogen-bond donors (Lipinski definition) is 1. The lowest BCUT2D eigenvalue weighted by molar-refractivity contribution is -0.384. The molecule has 142 valence electrons. The normalized spacial score (nSPS) is 16.0. The van der Waals surface area contributed by atoms with E-state index in [1.165, 1.54) is 12.1 Å². The second-order valence-electron chi connectivity index (χ2n) is 6.68. The van der Waals surface area contributed by atoms with Gasteiger partial charge in [-0.15, -0.1) is 0 Å². The number of non-ortho nitro benzene ring substituents is 1. The third kappa shape index (κ3) is 4.83. The number of nitro groups is 1. The van der Waals surface area contributed by atoms with Gasteiger partial charge in [0.15, 0.2) is 0 Å². The fourth-order valence-electron chi connectivity index (χ4n) is 3.25. The Balaban J connectivity index is 1.49. The molecule has 7 nitrogen and oxygen atoms in total. The van der Waals surface area contributed by atoms with Gasteiger partial charge in [-0.05, 0) is 24.6 Å². The highest BCUT2D eigenvalue weighted by molar-refractivity contribution is 5.81. The van der Waals surface area contributed by atoms with Gasteiger partial charge in [0.05, 0.1) is 11.0 Å².